The highest BCUT2D eigenvalue weighted by atomic mass is 16.3. The first-order valence-electron chi connectivity index (χ1n) is 16.5. The Bertz CT molecular complexity index is 1530. The molecule has 0 radical (unpaired) electrons. The minimum Gasteiger partial charge on any atom is -0.505 e. The van der Waals surface area contributed by atoms with E-state index in [1.165, 1.54) is 0 Å². The predicted octanol–water partition coefficient (Wildman–Crippen LogP) is 1.26. The Kier molecular flexibility index (Phi) is 2.06. The van der Waals surface area contributed by atoms with Gasteiger partial charge >= 0.3 is 0 Å². The second-order valence-electron chi connectivity index (χ2n) is 5.42. The molecule has 0 spiro atoms. The second-order valence-corrected chi connectivity index (χ2v) is 5.42. The van der Waals surface area contributed by atoms with Gasteiger partial charge in [0.15, 0.2) is 19.7 Å². The lowest BCUT2D eigenvalue weighted by molar-refractivity contribution is 0.0945. The smallest absolute Gasteiger partial charge is 0.293 e. The summed E-state index contributed by atoms with van der Waals surface area (Å²) < 4.78 is 146. The Balaban J connectivity index is 2.11. The van der Waals surface area contributed by atoms with Gasteiger partial charge < -0.3 is 15.3 Å². The Labute approximate surface area is 183 Å². The SMILES string of the molecule is [2H]Oc1c(C(=O)N([2H])CCC([2H])([2H])N2C([2H])([2H])C([2H])([2H])C([2H])([2H])C([2H])(C)C2([2H])[2H])c(=O)n(C([2H])(C)C([2H])([2H])[2H])c2c1nnn2[2H]. The Morgan fingerprint density at radius 3 is 3.44 bits per heavy atom. The number of aromatic amines is 1. The lowest BCUT2D eigenvalue weighted by Crippen LogP contribution is -2.38. The van der Waals surface area contributed by atoms with Crippen molar-refractivity contribution < 1.29 is 33.3 Å². The molecule has 9 nitrogen and oxygen atoms in total. The summed E-state index contributed by atoms with van der Waals surface area (Å²) in [6.07, 6.45) is -8.36. The van der Waals surface area contributed by atoms with Crippen molar-refractivity contribution in [3.63, 3.8) is 0 Å². The molecule has 3 rings (SSSR count). The molecular weight excluding hydrogens is 348 g/mol. The molecule has 3 N–H and O–H groups in total. The number of rotatable bonds is 7. The fraction of sp³-hybridized carbons (Fsp3) is 0.667. The zero-order valence-electron chi connectivity index (χ0n) is 32.3. The van der Waals surface area contributed by atoms with Crippen LogP contribution >= 0.6 is 0 Å². The number of carbonyl (C=O) groups excluding carboxylic acids is 1. The number of hydrogen-bond donors (Lipinski definition) is 3. The average Bonchev–Trinajstić information content (AvgIpc) is 3.24. The van der Waals surface area contributed by atoms with E-state index in [0.717, 1.165) is 6.92 Å². The van der Waals surface area contributed by atoms with E-state index in [1.54, 1.807) is 0 Å². The fourth-order valence-corrected chi connectivity index (χ4v) is 2.30. The summed E-state index contributed by atoms with van der Waals surface area (Å²) in [7, 11) is 0. The van der Waals surface area contributed by atoms with Crippen molar-refractivity contribution in [3.8, 4) is 5.75 Å². The second kappa shape index (κ2) is 8.08. The van der Waals surface area contributed by atoms with E-state index in [4.69, 9.17) is 24.8 Å². The maximum absolute atomic E-state index is 13.5. The van der Waals surface area contributed by atoms with Gasteiger partial charge in [0.1, 0.15) is 5.56 Å². The van der Waals surface area contributed by atoms with Crippen molar-refractivity contribution >= 4 is 17.1 Å². The van der Waals surface area contributed by atoms with Crippen LogP contribution in [0.1, 0.15) is 76.8 Å². The van der Waals surface area contributed by atoms with Crippen LogP contribution in [0.3, 0.4) is 0 Å². The van der Waals surface area contributed by atoms with E-state index >= 15 is 0 Å². The highest BCUT2D eigenvalue weighted by Gasteiger charge is 2.25. The van der Waals surface area contributed by atoms with Crippen LogP contribution in [0.4, 0.5) is 0 Å². The number of nitrogens with one attached hydrogen (secondary N) is 2. The van der Waals surface area contributed by atoms with Crippen LogP contribution in [0.2, 0.25) is 2.82 Å². The summed E-state index contributed by atoms with van der Waals surface area (Å²) in [4.78, 5) is 26.6. The van der Waals surface area contributed by atoms with Gasteiger partial charge in [-0.25, -0.2) is 5.09 Å². The molecule has 148 valence electrons. The van der Waals surface area contributed by atoms with Crippen LogP contribution < -0.4 is 10.9 Å². The normalized spacial score (nSPS) is 41.3. The van der Waals surface area contributed by atoms with E-state index in [0.29, 0.717) is 6.92 Å². The van der Waals surface area contributed by atoms with Crippen LogP contribution in [0.15, 0.2) is 4.79 Å². The molecule has 3 heterocycles. The fourth-order valence-electron chi connectivity index (χ4n) is 2.30. The van der Waals surface area contributed by atoms with Crippen molar-refractivity contribution in [2.45, 2.75) is 45.9 Å². The van der Waals surface area contributed by atoms with Crippen LogP contribution in [0.5, 0.6) is 5.75 Å². The average molecular weight is 395 g/mol. The molecule has 1 saturated heterocycles. The molecule has 27 heavy (non-hydrogen) atoms. The highest BCUT2D eigenvalue weighted by molar-refractivity contribution is 6.00. The number of aromatic nitrogens is 4. The first-order valence-corrected chi connectivity index (χ1v) is 7.69. The summed E-state index contributed by atoms with van der Waals surface area (Å²) in [5.41, 5.74) is -4.34. The van der Waals surface area contributed by atoms with Gasteiger partial charge in [0, 0.05) is 38.3 Å². The van der Waals surface area contributed by atoms with E-state index < -0.39 is 97.9 Å². The molecule has 0 aliphatic carbocycles. The van der Waals surface area contributed by atoms with E-state index in [2.05, 4.69) is 15.4 Å². The molecule has 9 heteroatoms. The minimum atomic E-state index is -3.75. The predicted molar refractivity (Wildman–Crippen MR) is 102 cm³/mol. The number of hydrogen-bond acceptors (Lipinski definition) is 6. The largest absolute Gasteiger partial charge is 0.505 e. The van der Waals surface area contributed by atoms with Crippen molar-refractivity contribution in [3.05, 3.63) is 15.9 Å². The van der Waals surface area contributed by atoms with Gasteiger partial charge in [-0.15, -0.1) is 5.10 Å². The number of piperidine rings is 1. The molecule has 0 aromatic carbocycles. The quantitative estimate of drug-likeness (QED) is 0.651. The highest BCUT2D eigenvalue weighted by Crippen LogP contribution is 2.24. The number of nitrogens with zero attached hydrogens (tertiary/aromatic N) is 4. The summed E-state index contributed by atoms with van der Waals surface area (Å²) in [6.45, 7) is -13.6. The number of amides is 1. The van der Waals surface area contributed by atoms with Crippen molar-refractivity contribution in [2.75, 3.05) is 26.0 Å². The minimum absolute atomic E-state index is 0.113. The lowest BCUT2D eigenvalue weighted by atomic mass is 10.0. The molecule has 2 aromatic heterocycles. The van der Waals surface area contributed by atoms with Gasteiger partial charge in [-0.05, 0) is 51.8 Å². The maximum atomic E-state index is 13.5. The zero-order chi connectivity index (χ0) is 35.3. The van der Waals surface area contributed by atoms with Gasteiger partial charge in [-0.3, -0.25) is 14.2 Å². The Morgan fingerprint density at radius 2 is 2.67 bits per heavy atom. The molecule has 1 aliphatic heterocycles. The zero-order valence-corrected chi connectivity index (χ0v) is 14.3. The van der Waals surface area contributed by atoms with Crippen LogP contribution in [-0.2, 0) is 0 Å². The van der Waals surface area contributed by atoms with Gasteiger partial charge in [0.25, 0.3) is 12.9 Å². The van der Waals surface area contributed by atoms with E-state index in [1.807, 2.05) is 0 Å². The van der Waals surface area contributed by atoms with E-state index in [-0.39, 0.29) is 19.9 Å². The monoisotopic (exact) mass is 394 g/mol. The number of H-pyrrole nitrogens is 1. The number of likely N-dealkylation sites (tertiary alicyclic amines) is 1. The summed E-state index contributed by atoms with van der Waals surface area (Å²) in [6, 6.07) is -2.89. The molecule has 1 aliphatic rings. The lowest BCUT2D eigenvalue weighted by Gasteiger charge is -2.30. The van der Waals surface area contributed by atoms with Crippen molar-refractivity contribution in [1.82, 2.24) is 30.2 Å². The molecule has 1 amide bonds. The standard InChI is InChI=1S/C18H28N6O3/c1-11(2)24-16-14(20-22-21-16)15(25)13(18(24)27)17(26)19-7-5-9-23-8-4-6-12(3)10-23/h11-12,25H,4-10H2,1-3H3,(H,19,26)(H,20,21,22)/i1D3,4D2,6D2,8D2,9D2,10D2,11D,12D/hD3. The van der Waals surface area contributed by atoms with E-state index in [9.17, 15) is 9.59 Å². The first kappa shape index (κ1) is 6.88. The van der Waals surface area contributed by atoms with Crippen molar-refractivity contribution in [1.29, 1.82) is 1.43 Å². The molecule has 2 unspecified atom stereocenters. The molecule has 0 saturated carbocycles. The third-order valence-electron chi connectivity index (χ3n) is 3.45. The maximum Gasteiger partial charge on any atom is 0.293 e. The van der Waals surface area contributed by atoms with Crippen LogP contribution in [0.25, 0.3) is 11.2 Å². The molecule has 2 atom stereocenters. The molecular formula is C18H28N6O3. The Morgan fingerprint density at radius 1 is 1.81 bits per heavy atom. The topological polar surface area (TPSA) is 116 Å². The van der Waals surface area contributed by atoms with Gasteiger partial charge in [-0.2, -0.15) is 0 Å². The van der Waals surface area contributed by atoms with Crippen LogP contribution in [0, 0.1) is 5.89 Å². The first-order chi connectivity index (χ1) is 19.9. The number of fused-ring (bicyclic) bond motifs is 1. The number of aromatic hydroxyl groups is 1. The van der Waals surface area contributed by atoms with Gasteiger partial charge in [0.2, 0.25) is 0 Å². The van der Waals surface area contributed by atoms with Gasteiger partial charge in [0.05, 0.1) is 1.37 Å². The summed E-state index contributed by atoms with van der Waals surface area (Å²) in [5, 5.41) is 11.2. The summed E-state index contributed by atoms with van der Waals surface area (Å²) in [5.74, 6) is -5.79. The van der Waals surface area contributed by atoms with Gasteiger partial charge in [-0.1, -0.05) is 12.1 Å². The number of carbonyl (C=O) groups is 1. The Hall–Kier alpha value is -2.42. The molecule has 1 fully saturated rings. The third-order valence-corrected chi connectivity index (χ3v) is 3.45. The van der Waals surface area contributed by atoms with Crippen molar-refractivity contribution in [2.24, 2.45) is 5.89 Å². The molecule has 0 bridgehead atoms. The summed E-state index contributed by atoms with van der Waals surface area (Å²) >= 11 is 0. The molecule has 2 aromatic rings. The number of pyridine rings is 1. The van der Waals surface area contributed by atoms with Crippen LogP contribution in [-0.4, -0.2) is 63.4 Å². The third kappa shape index (κ3) is 3.97.